The second-order valence-electron chi connectivity index (χ2n) is 6.98. The summed E-state index contributed by atoms with van der Waals surface area (Å²) in [5, 5.41) is 10.7. The van der Waals surface area contributed by atoms with Crippen LogP contribution in [0.4, 0.5) is 0 Å². The summed E-state index contributed by atoms with van der Waals surface area (Å²) in [4.78, 5) is 25.8. The number of amides is 1. The van der Waals surface area contributed by atoms with Crippen molar-refractivity contribution in [1.82, 2.24) is 15.6 Å². The van der Waals surface area contributed by atoms with E-state index in [4.69, 9.17) is 4.74 Å². The summed E-state index contributed by atoms with van der Waals surface area (Å²) < 4.78 is 5.97. The van der Waals surface area contributed by atoms with Gasteiger partial charge >= 0.3 is 0 Å². The Balaban J connectivity index is 1.73. The largest absolute Gasteiger partial charge is 0.496 e. The van der Waals surface area contributed by atoms with Crippen molar-refractivity contribution in [2.24, 2.45) is 5.10 Å². The van der Waals surface area contributed by atoms with Gasteiger partial charge in [0.2, 0.25) is 0 Å². The third-order valence-electron chi connectivity index (χ3n) is 4.88. The van der Waals surface area contributed by atoms with Crippen molar-refractivity contribution < 1.29 is 9.53 Å². The molecule has 33 heavy (non-hydrogen) atoms. The maximum Gasteiger partial charge on any atom is 0.277 e. The van der Waals surface area contributed by atoms with E-state index in [2.05, 4.69) is 36.7 Å². The zero-order valence-electron chi connectivity index (χ0n) is 17.6. The predicted molar refractivity (Wildman–Crippen MR) is 131 cm³/mol. The third kappa shape index (κ3) is 4.91. The lowest BCUT2D eigenvalue weighted by molar-refractivity contribution is 0.0954. The normalized spacial score (nSPS) is 10.8. The molecule has 3 aromatic carbocycles. The van der Waals surface area contributed by atoms with Crippen LogP contribution in [0.5, 0.6) is 5.75 Å². The van der Waals surface area contributed by atoms with Gasteiger partial charge in [-0.25, -0.2) is 10.5 Å². The van der Waals surface area contributed by atoms with Gasteiger partial charge in [0.25, 0.3) is 11.5 Å². The number of aromatic nitrogens is 2. The predicted octanol–water partition coefficient (Wildman–Crippen LogP) is 4.64. The number of aromatic amines is 1. The summed E-state index contributed by atoms with van der Waals surface area (Å²) in [7, 11) is 1.58. The van der Waals surface area contributed by atoms with Gasteiger partial charge in [0.15, 0.2) is 0 Å². The quantitative estimate of drug-likeness (QED) is 0.296. The van der Waals surface area contributed by atoms with Crippen molar-refractivity contribution in [3.8, 4) is 28.1 Å². The molecule has 4 aromatic rings. The highest BCUT2D eigenvalue weighted by atomic mass is 79.9. The first-order valence-corrected chi connectivity index (χ1v) is 10.8. The highest BCUT2D eigenvalue weighted by Gasteiger charge is 2.22. The van der Waals surface area contributed by atoms with Gasteiger partial charge in [0, 0.05) is 11.1 Å². The Morgan fingerprint density at radius 3 is 2.33 bits per heavy atom. The number of hydrazone groups is 1. The first-order chi connectivity index (χ1) is 16.1. The van der Waals surface area contributed by atoms with Gasteiger partial charge in [-0.05, 0) is 45.3 Å². The molecule has 0 fully saturated rings. The van der Waals surface area contributed by atoms with Crippen molar-refractivity contribution in [2.75, 3.05) is 7.11 Å². The molecule has 0 spiro atoms. The maximum atomic E-state index is 13.1. The van der Waals surface area contributed by atoms with E-state index in [1.807, 2.05) is 60.7 Å². The highest BCUT2D eigenvalue weighted by Crippen LogP contribution is 2.31. The number of halogens is 1. The number of methoxy groups -OCH3 is 1. The molecule has 1 amide bonds. The van der Waals surface area contributed by atoms with E-state index >= 15 is 0 Å². The van der Waals surface area contributed by atoms with E-state index in [-0.39, 0.29) is 5.56 Å². The monoisotopic (exact) mass is 502 g/mol. The maximum absolute atomic E-state index is 13.1. The molecule has 0 aliphatic rings. The summed E-state index contributed by atoms with van der Waals surface area (Å²) in [6.45, 7) is 0. The number of carbonyl (C=O) groups is 1. The van der Waals surface area contributed by atoms with E-state index < -0.39 is 11.5 Å². The van der Waals surface area contributed by atoms with Crippen molar-refractivity contribution in [2.45, 2.75) is 0 Å². The lowest BCUT2D eigenvalue weighted by Crippen LogP contribution is -2.28. The summed E-state index contributed by atoms with van der Waals surface area (Å²) in [5.74, 6) is 0.0407. The number of ether oxygens (including phenoxy) is 1. The Hall–Kier alpha value is -4.04. The van der Waals surface area contributed by atoms with E-state index in [1.165, 1.54) is 6.21 Å². The SMILES string of the molecule is COc1ccc(C=NNC(=O)c2c(-c3ccccc3)c(-c3ccccc3)n[nH]c2=O)cc1Br. The summed E-state index contributed by atoms with van der Waals surface area (Å²) in [6.07, 6.45) is 1.48. The molecule has 4 rings (SSSR count). The molecule has 0 bridgehead atoms. The van der Waals surface area contributed by atoms with E-state index in [9.17, 15) is 9.59 Å². The second-order valence-corrected chi connectivity index (χ2v) is 7.83. The molecule has 1 heterocycles. The number of nitrogens with zero attached hydrogens (tertiary/aromatic N) is 2. The number of benzene rings is 3. The number of hydrogen-bond donors (Lipinski definition) is 2. The van der Waals surface area contributed by atoms with Crippen LogP contribution in [0.2, 0.25) is 0 Å². The minimum Gasteiger partial charge on any atom is -0.496 e. The first-order valence-electron chi connectivity index (χ1n) is 9.99. The van der Waals surface area contributed by atoms with Gasteiger partial charge in [-0.15, -0.1) is 0 Å². The zero-order chi connectivity index (χ0) is 23.2. The molecule has 0 aliphatic heterocycles. The van der Waals surface area contributed by atoms with Crippen LogP contribution in [0, 0.1) is 0 Å². The molecule has 164 valence electrons. The number of H-pyrrole nitrogens is 1. The fourth-order valence-corrected chi connectivity index (χ4v) is 3.90. The van der Waals surface area contributed by atoms with Crippen molar-refractivity contribution >= 4 is 28.1 Å². The van der Waals surface area contributed by atoms with Gasteiger partial charge in [-0.2, -0.15) is 10.2 Å². The fraction of sp³-hybridized carbons (Fsp3) is 0.0400. The molecule has 0 saturated carbocycles. The van der Waals surface area contributed by atoms with Crippen LogP contribution in [0.3, 0.4) is 0 Å². The van der Waals surface area contributed by atoms with Crippen molar-refractivity contribution in [3.05, 3.63) is 105 Å². The Bertz CT molecular complexity index is 1370. The van der Waals surface area contributed by atoms with E-state index in [0.29, 0.717) is 22.6 Å². The average molecular weight is 503 g/mol. The number of carbonyl (C=O) groups excluding carboxylic acids is 1. The first kappa shape index (κ1) is 22.2. The zero-order valence-corrected chi connectivity index (χ0v) is 19.2. The van der Waals surface area contributed by atoms with Crippen LogP contribution >= 0.6 is 15.9 Å². The number of nitrogens with one attached hydrogen (secondary N) is 2. The third-order valence-corrected chi connectivity index (χ3v) is 5.50. The summed E-state index contributed by atoms with van der Waals surface area (Å²) in [6, 6.07) is 23.9. The summed E-state index contributed by atoms with van der Waals surface area (Å²) in [5.41, 5.74) is 4.93. The lowest BCUT2D eigenvalue weighted by Gasteiger charge is -2.12. The molecular formula is C25H19BrN4O3. The minimum absolute atomic E-state index is 0.0666. The van der Waals surface area contributed by atoms with Gasteiger partial charge in [-0.3, -0.25) is 9.59 Å². The smallest absolute Gasteiger partial charge is 0.277 e. The molecule has 0 atom stereocenters. The number of hydrogen-bond acceptors (Lipinski definition) is 5. The Kier molecular flexibility index (Phi) is 6.75. The molecule has 0 aliphatic carbocycles. The molecule has 0 unspecified atom stereocenters. The van der Waals surface area contributed by atoms with Crippen LogP contribution in [-0.4, -0.2) is 29.4 Å². The summed E-state index contributed by atoms with van der Waals surface area (Å²) >= 11 is 3.41. The van der Waals surface area contributed by atoms with Crippen LogP contribution in [0.1, 0.15) is 15.9 Å². The van der Waals surface area contributed by atoms with Gasteiger partial charge in [0.05, 0.1) is 23.5 Å². The van der Waals surface area contributed by atoms with Crippen molar-refractivity contribution in [3.63, 3.8) is 0 Å². The Morgan fingerprint density at radius 2 is 1.70 bits per heavy atom. The molecule has 0 saturated heterocycles. The van der Waals surface area contributed by atoms with Gasteiger partial charge in [-0.1, -0.05) is 60.7 Å². The topological polar surface area (TPSA) is 96.4 Å². The molecular weight excluding hydrogens is 484 g/mol. The highest BCUT2D eigenvalue weighted by molar-refractivity contribution is 9.10. The van der Waals surface area contributed by atoms with Gasteiger partial charge in [0.1, 0.15) is 11.3 Å². The minimum atomic E-state index is -0.640. The fourth-order valence-electron chi connectivity index (χ4n) is 3.34. The lowest BCUT2D eigenvalue weighted by atomic mass is 9.95. The number of rotatable bonds is 6. The Morgan fingerprint density at radius 1 is 1.03 bits per heavy atom. The van der Waals surface area contributed by atoms with Crippen LogP contribution in [0.25, 0.3) is 22.4 Å². The van der Waals surface area contributed by atoms with Gasteiger partial charge < -0.3 is 4.74 Å². The standard InChI is InChI=1S/C25H19BrN4O3/c1-33-20-13-12-16(14-19(20)26)15-27-29-24(31)22-21(17-8-4-2-5-9-17)23(28-30-25(22)32)18-10-6-3-7-11-18/h2-15H,1H3,(H,29,31)(H,30,32). The van der Waals surface area contributed by atoms with E-state index in [0.717, 1.165) is 15.6 Å². The van der Waals surface area contributed by atoms with Crippen LogP contribution < -0.4 is 15.7 Å². The van der Waals surface area contributed by atoms with Crippen LogP contribution in [0.15, 0.2) is 93.2 Å². The molecule has 7 nitrogen and oxygen atoms in total. The second kappa shape index (κ2) is 10.1. The van der Waals surface area contributed by atoms with Crippen molar-refractivity contribution in [1.29, 1.82) is 0 Å². The average Bonchev–Trinajstić information content (AvgIpc) is 2.85. The molecule has 2 N–H and O–H groups in total. The van der Waals surface area contributed by atoms with Crippen LogP contribution in [-0.2, 0) is 0 Å². The molecule has 0 radical (unpaired) electrons. The van der Waals surface area contributed by atoms with E-state index in [1.54, 1.807) is 25.3 Å². The molecule has 1 aromatic heterocycles. The Labute approximate surface area is 198 Å². The molecule has 8 heteroatoms.